The zero-order valence-electron chi connectivity index (χ0n) is 16.1. The summed E-state index contributed by atoms with van der Waals surface area (Å²) >= 11 is 2.98. The maximum Gasteiger partial charge on any atom is 0.173 e. The number of likely N-dealkylation sites (N-methyl/N-ethyl adjacent to an activating group) is 1. The number of thiazole rings is 1. The van der Waals surface area contributed by atoms with Gasteiger partial charge in [-0.25, -0.2) is 18.7 Å². The molecule has 0 unspecified atom stereocenters. The van der Waals surface area contributed by atoms with E-state index in [0.29, 0.717) is 22.9 Å². The third-order valence-corrected chi connectivity index (χ3v) is 7.87. The number of pyridine rings is 1. The molecule has 4 nitrogen and oxygen atoms in total. The summed E-state index contributed by atoms with van der Waals surface area (Å²) in [5, 5.41) is 3.67. The lowest BCUT2D eigenvalue weighted by Gasteiger charge is -2.36. The third-order valence-electron chi connectivity index (χ3n) is 5.90. The number of halogens is 2. The summed E-state index contributed by atoms with van der Waals surface area (Å²) in [5.41, 5.74) is 2.39. The molecule has 0 spiro atoms. The molecule has 0 saturated carbocycles. The number of piperidine rings is 1. The predicted octanol–water partition coefficient (Wildman–Crippen LogP) is 6.13. The van der Waals surface area contributed by atoms with E-state index in [1.165, 1.54) is 22.4 Å². The van der Waals surface area contributed by atoms with Gasteiger partial charge >= 0.3 is 0 Å². The van der Waals surface area contributed by atoms with Gasteiger partial charge < -0.3 is 10.2 Å². The van der Waals surface area contributed by atoms with Gasteiger partial charge in [-0.15, -0.1) is 22.7 Å². The molecule has 3 aromatic heterocycles. The summed E-state index contributed by atoms with van der Waals surface area (Å²) in [4.78, 5) is 12.7. The van der Waals surface area contributed by atoms with E-state index in [9.17, 15) is 8.78 Å². The van der Waals surface area contributed by atoms with Crippen LogP contribution >= 0.6 is 22.7 Å². The van der Waals surface area contributed by atoms with Gasteiger partial charge in [0, 0.05) is 22.2 Å². The maximum absolute atomic E-state index is 14.9. The highest BCUT2D eigenvalue weighted by molar-refractivity contribution is 7.18. The Hall–Kier alpha value is -2.16. The summed E-state index contributed by atoms with van der Waals surface area (Å²) in [6.45, 7) is 3.33. The molecule has 1 N–H and O–H groups in total. The van der Waals surface area contributed by atoms with Crippen molar-refractivity contribution in [2.75, 3.05) is 18.9 Å². The zero-order valence-corrected chi connectivity index (χ0v) is 17.7. The molecule has 0 bridgehead atoms. The molecule has 2 atom stereocenters. The second-order valence-electron chi connectivity index (χ2n) is 7.57. The number of fused-ring (bicyclic) bond motifs is 2. The Morgan fingerprint density at radius 1 is 1.24 bits per heavy atom. The second kappa shape index (κ2) is 7.27. The summed E-state index contributed by atoms with van der Waals surface area (Å²) in [7, 11) is 2.15. The first-order chi connectivity index (χ1) is 14.0. The topological polar surface area (TPSA) is 41.1 Å². The van der Waals surface area contributed by atoms with Crippen molar-refractivity contribution in [3.8, 4) is 0 Å². The average Bonchev–Trinajstić information content (AvgIpc) is 3.35. The molecule has 5 rings (SSSR count). The number of benzene rings is 1. The number of hydrogen-bond donors (Lipinski definition) is 1. The molecular formula is C21H20F2N4S2. The van der Waals surface area contributed by atoms with Crippen molar-refractivity contribution in [1.82, 2.24) is 14.9 Å². The molecule has 8 heteroatoms. The predicted molar refractivity (Wildman–Crippen MR) is 117 cm³/mol. The van der Waals surface area contributed by atoms with Gasteiger partial charge in [0.15, 0.2) is 11.6 Å². The summed E-state index contributed by atoms with van der Waals surface area (Å²) in [6.07, 6.45) is 3.46. The first-order valence-corrected chi connectivity index (χ1v) is 11.3. The molecule has 1 aliphatic rings. The van der Waals surface area contributed by atoms with Crippen LogP contribution in [-0.2, 0) is 0 Å². The first kappa shape index (κ1) is 18.8. The quantitative estimate of drug-likeness (QED) is 0.425. The van der Waals surface area contributed by atoms with E-state index < -0.39 is 11.6 Å². The SMILES string of the molecule is C[C@@H]1[C@@H](c2cc3c(Nc4ccc5scnc5c4F)c(F)cnc3s2)CCCN1C. The van der Waals surface area contributed by atoms with Gasteiger partial charge in [-0.05, 0) is 51.6 Å². The highest BCUT2D eigenvalue weighted by atomic mass is 32.1. The summed E-state index contributed by atoms with van der Waals surface area (Å²) in [5.74, 6) is -0.563. The minimum absolute atomic E-state index is 0.216. The lowest BCUT2D eigenvalue weighted by Crippen LogP contribution is -2.38. The van der Waals surface area contributed by atoms with E-state index in [-0.39, 0.29) is 11.4 Å². The van der Waals surface area contributed by atoms with Crippen LogP contribution in [0.3, 0.4) is 0 Å². The molecule has 1 fully saturated rings. The van der Waals surface area contributed by atoms with Gasteiger partial charge in [-0.2, -0.15) is 0 Å². The lowest BCUT2D eigenvalue weighted by atomic mass is 9.89. The fraction of sp³-hybridized carbons (Fsp3) is 0.333. The molecule has 29 heavy (non-hydrogen) atoms. The normalized spacial score (nSPS) is 20.6. The highest BCUT2D eigenvalue weighted by Crippen LogP contribution is 2.41. The molecule has 150 valence electrons. The minimum atomic E-state index is -0.492. The number of nitrogens with zero attached hydrogens (tertiary/aromatic N) is 3. The van der Waals surface area contributed by atoms with E-state index >= 15 is 0 Å². The Bertz CT molecular complexity index is 1200. The second-order valence-corrected chi connectivity index (χ2v) is 9.52. The minimum Gasteiger partial charge on any atom is -0.350 e. The number of rotatable bonds is 3. The van der Waals surface area contributed by atoms with Crippen molar-refractivity contribution in [2.45, 2.75) is 31.7 Å². The Morgan fingerprint density at radius 3 is 2.97 bits per heavy atom. The first-order valence-electron chi connectivity index (χ1n) is 9.60. The smallest absolute Gasteiger partial charge is 0.173 e. The van der Waals surface area contributed by atoms with Crippen LogP contribution in [0.25, 0.3) is 20.4 Å². The Balaban J connectivity index is 1.57. The summed E-state index contributed by atoms with van der Waals surface area (Å²) < 4.78 is 30.3. The van der Waals surface area contributed by atoms with E-state index in [0.717, 1.165) is 28.9 Å². The van der Waals surface area contributed by atoms with Crippen molar-refractivity contribution in [1.29, 1.82) is 0 Å². The van der Waals surface area contributed by atoms with Gasteiger partial charge in [0.05, 0.1) is 27.8 Å². The fourth-order valence-electron chi connectivity index (χ4n) is 4.12. The number of aromatic nitrogens is 2. The van der Waals surface area contributed by atoms with Gasteiger partial charge in [0.2, 0.25) is 0 Å². The van der Waals surface area contributed by atoms with Gasteiger partial charge in [0.25, 0.3) is 0 Å². The van der Waals surface area contributed by atoms with Crippen molar-refractivity contribution < 1.29 is 8.78 Å². The highest BCUT2D eigenvalue weighted by Gasteiger charge is 2.29. The van der Waals surface area contributed by atoms with Crippen LogP contribution in [0.1, 0.15) is 30.6 Å². The van der Waals surface area contributed by atoms with Crippen LogP contribution in [0.4, 0.5) is 20.2 Å². The fourth-order valence-corrected chi connectivity index (χ4v) is 6.03. The van der Waals surface area contributed by atoms with Crippen LogP contribution in [-0.4, -0.2) is 34.5 Å². The largest absolute Gasteiger partial charge is 0.350 e. The molecule has 0 amide bonds. The molecule has 1 aliphatic heterocycles. The van der Waals surface area contributed by atoms with Crippen LogP contribution < -0.4 is 5.32 Å². The molecule has 4 heterocycles. The van der Waals surface area contributed by atoms with E-state index in [2.05, 4.69) is 34.2 Å². The Kier molecular flexibility index (Phi) is 4.72. The molecule has 1 aromatic carbocycles. The maximum atomic E-state index is 14.9. The van der Waals surface area contributed by atoms with Crippen LogP contribution in [0.2, 0.25) is 0 Å². The third kappa shape index (κ3) is 3.19. The number of thiophene rings is 1. The van der Waals surface area contributed by atoms with Crippen LogP contribution in [0, 0.1) is 11.6 Å². The van der Waals surface area contributed by atoms with E-state index in [1.807, 2.05) is 6.07 Å². The van der Waals surface area contributed by atoms with Crippen molar-refractivity contribution in [2.24, 2.45) is 0 Å². The monoisotopic (exact) mass is 430 g/mol. The Morgan fingerprint density at radius 2 is 2.10 bits per heavy atom. The molecule has 4 aromatic rings. The number of anilines is 2. The summed E-state index contributed by atoms with van der Waals surface area (Å²) in [6, 6.07) is 5.88. The number of nitrogens with one attached hydrogen (secondary N) is 1. The van der Waals surface area contributed by atoms with Gasteiger partial charge in [-0.3, -0.25) is 0 Å². The average molecular weight is 431 g/mol. The van der Waals surface area contributed by atoms with Crippen LogP contribution in [0.5, 0.6) is 0 Å². The standard InChI is InChI=1S/C21H20F2N4S2/c1-11-12(4-3-7-27(11)2)17-8-13-19(14(22)9-24-21(13)29-17)26-15-5-6-16-20(18(15)23)25-10-28-16/h5-6,8-12H,3-4,7H2,1-2H3,(H,24,26)/t11-,12+/m1/s1. The number of likely N-dealkylation sites (tertiary alicyclic amines) is 1. The lowest BCUT2D eigenvalue weighted by molar-refractivity contribution is 0.176. The van der Waals surface area contributed by atoms with Gasteiger partial charge in [0.1, 0.15) is 10.3 Å². The number of hydrogen-bond acceptors (Lipinski definition) is 6. The van der Waals surface area contributed by atoms with Crippen molar-refractivity contribution >= 4 is 54.5 Å². The van der Waals surface area contributed by atoms with Crippen LogP contribution in [0.15, 0.2) is 29.9 Å². The Labute approximate surface area is 175 Å². The van der Waals surface area contributed by atoms with Crippen molar-refractivity contribution in [3.05, 3.63) is 46.4 Å². The van der Waals surface area contributed by atoms with Gasteiger partial charge in [-0.1, -0.05) is 0 Å². The zero-order chi connectivity index (χ0) is 20.1. The molecule has 0 radical (unpaired) electrons. The van der Waals surface area contributed by atoms with Crippen molar-refractivity contribution in [3.63, 3.8) is 0 Å². The van der Waals surface area contributed by atoms with E-state index in [1.54, 1.807) is 29.0 Å². The molecular weight excluding hydrogens is 410 g/mol. The van der Waals surface area contributed by atoms with E-state index in [4.69, 9.17) is 0 Å². The molecule has 0 aliphatic carbocycles. The molecule has 1 saturated heterocycles.